The zero-order valence-corrected chi connectivity index (χ0v) is 28.6. The summed E-state index contributed by atoms with van der Waals surface area (Å²) in [5, 5.41) is 16.8. The van der Waals surface area contributed by atoms with Crippen molar-refractivity contribution in [1.29, 1.82) is 0 Å². The van der Waals surface area contributed by atoms with E-state index in [4.69, 9.17) is 0 Å². The third-order valence-corrected chi connectivity index (χ3v) is 10.5. The van der Waals surface area contributed by atoms with Crippen molar-refractivity contribution in [3.05, 3.63) is 188 Å². The fraction of sp³-hybridized carbons (Fsp3) is 0. The van der Waals surface area contributed by atoms with E-state index in [1.165, 1.54) is 54.4 Å². The van der Waals surface area contributed by atoms with Gasteiger partial charge in [-0.2, -0.15) is 0 Å². The fourth-order valence-corrected chi connectivity index (χ4v) is 8.20. The summed E-state index contributed by atoms with van der Waals surface area (Å²) in [4.78, 5) is 0. The van der Waals surface area contributed by atoms with Gasteiger partial charge in [-0.15, -0.1) is 10.2 Å². The number of benzene rings is 8. The molecule has 3 heterocycles. The molecule has 0 bridgehead atoms. The van der Waals surface area contributed by atoms with Gasteiger partial charge in [0, 0.05) is 55.1 Å². The first kappa shape index (κ1) is 29.5. The van der Waals surface area contributed by atoms with Gasteiger partial charge in [-0.05, 0) is 66.0 Å². The van der Waals surface area contributed by atoms with Gasteiger partial charge in [0.2, 0.25) is 0 Å². The van der Waals surface area contributed by atoms with E-state index in [9.17, 15) is 0 Å². The molecule has 11 rings (SSSR count). The van der Waals surface area contributed by atoms with E-state index in [-0.39, 0.29) is 0 Å². The zero-order valence-electron chi connectivity index (χ0n) is 28.6. The Morgan fingerprint density at radius 2 is 0.792 bits per heavy atom. The first-order valence-corrected chi connectivity index (χ1v) is 17.9. The number of fused-ring (bicyclic) bond motifs is 8. The third-order valence-electron chi connectivity index (χ3n) is 10.5. The van der Waals surface area contributed by atoms with E-state index in [2.05, 4.69) is 176 Å². The van der Waals surface area contributed by atoms with Gasteiger partial charge in [-0.3, -0.25) is 4.57 Å². The summed E-state index contributed by atoms with van der Waals surface area (Å²) in [5.41, 5.74) is 10.1. The van der Waals surface area contributed by atoms with Crippen molar-refractivity contribution in [2.75, 3.05) is 0 Å². The highest BCUT2D eigenvalue weighted by Crippen LogP contribution is 2.41. The van der Waals surface area contributed by atoms with Crippen LogP contribution in [0.25, 0.3) is 94.2 Å². The second kappa shape index (κ2) is 11.7. The molecule has 0 unspecified atom stereocenters. The standard InChI is InChI=1S/C48H31N5/c1-4-14-32(15-5-1)47-49-50-48(33-16-6-2-7-17-33)53(47)37-27-25-36(26-28-37)51-43-22-12-11-21-39(43)42-31-41-34(30-45(42)51)24-29-40-38-20-10-13-23-44(38)52(46(40)41)35-18-8-3-9-19-35/h1-31H. The van der Waals surface area contributed by atoms with Crippen LogP contribution in [0.5, 0.6) is 0 Å². The average Bonchev–Trinajstić information content (AvgIpc) is 3.92. The Balaban J connectivity index is 1.13. The molecule has 53 heavy (non-hydrogen) atoms. The molecular weight excluding hydrogens is 647 g/mol. The minimum absolute atomic E-state index is 0.805. The number of para-hydroxylation sites is 3. The van der Waals surface area contributed by atoms with Crippen LogP contribution in [0.1, 0.15) is 0 Å². The van der Waals surface area contributed by atoms with Crippen molar-refractivity contribution >= 4 is 54.4 Å². The van der Waals surface area contributed by atoms with Crippen LogP contribution in [-0.2, 0) is 0 Å². The predicted molar refractivity (Wildman–Crippen MR) is 218 cm³/mol. The molecule has 0 radical (unpaired) electrons. The van der Waals surface area contributed by atoms with Gasteiger partial charge in [-0.1, -0.05) is 127 Å². The van der Waals surface area contributed by atoms with Crippen molar-refractivity contribution in [1.82, 2.24) is 23.9 Å². The molecule has 5 nitrogen and oxygen atoms in total. The number of aromatic nitrogens is 5. The van der Waals surface area contributed by atoms with Crippen LogP contribution in [0.15, 0.2) is 188 Å². The van der Waals surface area contributed by atoms with E-state index in [1.54, 1.807) is 0 Å². The second-order valence-corrected chi connectivity index (χ2v) is 13.5. The van der Waals surface area contributed by atoms with Gasteiger partial charge in [0.25, 0.3) is 0 Å². The van der Waals surface area contributed by atoms with Crippen molar-refractivity contribution in [3.63, 3.8) is 0 Å². The van der Waals surface area contributed by atoms with Crippen molar-refractivity contribution in [2.24, 2.45) is 0 Å². The molecule has 0 aliphatic heterocycles. The molecule has 11 aromatic rings. The Hall–Kier alpha value is -7.24. The van der Waals surface area contributed by atoms with Gasteiger partial charge >= 0.3 is 0 Å². The molecule has 0 saturated carbocycles. The molecule has 0 saturated heterocycles. The molecule has 0 fully saturated rings. The van der Waals surface area contributed by atoms with Crippen LogP contribution >= 0.6 is 0 Å². The van der Waals surface area contributed by atoms with E-state index in [0.717, 1.165) is 39.8 Å². The number of hydrogen-bond donors (Lipinski definition) is 0. The maximum absolute atomic E-state index is 4.69. The summed E-state index contributed by atoms with van der Waals surface area (Å²) in [6.07, 6.45) is 0. The molecule has 0 spiro atoms. The van der Waals surface area contributed by atoms with Crippen molar-refractivity contribution in [2.45, 2.75) is 0 Å². The maximum atomic E-state index is 4.69. The highest BCUT2D eigenvalue weighted by molar-refractivity contribution is 6.22. The molecular formula is C48H31N5. The lowest BCUT2D eigenvalue weighted by Crippen LogP contribution is -2.01. The molecule has 0 atom stereocenters. The smallest absolute Gasteiger partial charge is 0.168 e. The molecule has 8 aromatic carbocycles. The predicted octanol–water partition coefficient (Wildman–Crippen LogP) is 11.9. The highest BCUT2D eigenvalue weighted by atomic mass is 15.3. The van der Waals surface area contributed by atoms with Crippen LogP contribution < -0.4 is 0 Å². The zero-order chi connectivity index (χ0) is 34.9. The normalized spacial score (nSPS) is 11.8. The largest absolute Gasteiger partial charge is 0.309 e. The topological polar surface area (TPSA) is 40.6 Å². The summed E-state index contributed by atoms with van der Waals surface area (Å²) in [6, 6.07) is 66.9. The SMILES string of the molecule is c1ccc(-c2nnc(-c3ccccc3)n2-c2ccc(-n3c4ccccc4c4cc5c(ccc6c7ccccc7n(-c7ccccc7)c56)cc43)cc2)cc1. The minimum Gasteiger partial charge on any atom is -0.309 e. The maximum Gasteiger partial charge on any atom is 0.168 e. The van der Waals surface area contributed by atoms with Gasteiger partial charge in [0.1, 0.15) is 0 Å². The summed E-state index contributed by atoms with van der Waals surface area (Å²) in [5.74, 6) is 1.61. The lowest BCUT2D eigenvalue weighted by Gasteiger charge is -2.14. The molecule has 0 aliphatic carbocycles. The van der Waals surface area contributed by atoms with Crippen molar-refractivity contribution in [3.8, 4) is 39.8 Å². The van der Waals surface area contributed by atoms with Gasteiger partial charge in [0.15, 0.2) is 11.6 Å². The van der Waals surface area contributed by atoms with Gasteiger partial charge < -0.3 is 9.13 Å². The average molecular weight is 678 g/mol. The molecule has 3 aromatic heterocycles. The molecule has 5 heteroatoms. The van der Waals surface area contributed by atoms with E-state index in [1.807, 2.05) is 36.4 Å². The first-order valence-electron chi connectivity index (χ1n) is 17.9. The Morgan fingerprint density at radius 3 is 1.42 bits per heavy atom. The van der Waals surface area contributed by atoms with Crippen LogP contribution in [-0.4, -0.2) is 23.9 Å². The Labute approximate surface area is 305 Å². The highest BCUT2D eigenvalue weighted by Gasteiger charge is 2.20. The van der Waals surface area contributed by atoms with Crippen LogP contribution in [0.2, 0.25) is 0 Å². The number of rotatable bonds is 5. The number of nitrogens with zero attached hydrogens (tertiary/aromatic N) is 5. The third kappa shape index (κ3) is 4.51. The van der Waals surface area contributed by atoms with Crippen LogP contribution in [0.4, 0.5) is 0 Å². The first-order chi connectivity index (χ1) is 26.3. The summed E-state index contributed by atoms with van der Waals surface area (Å²) < 4.78 is 6.98. The monoisotopic (exact) mass is 677 g/mol. The van der Waals surface area contributed by atoms with Crippen LogP contribution in [0, 0.1) is 0 Å². The molecule has 0 aliphatic rings. The Morgan fingerprint density at radius 1 is 0.302 bits per heavy atom. The summed E-state index contributed by atoms with van der Waals surface area (Å²) >= 11 is 0. The summed E-state index contributed by atoms with van der Waals surface area (Å²) in [6.45, 7) is 0. The van der Waals surface area contributed by atoms with Gasteiger partial charge in [-0.25, -0.2) is 0 Å². The Kier molecular flexibility index (Phi) is 6.48. The van der Waals surface area contributed by atoms with E-state index >= 15 is 0 Å². The quantitative estimate of drug-likeness (QED) is 0.182. The van der Waals surface area contributed by atoms with Crippen molar-refractivity contribution < 1.29 is 0 Å². The minimum atomic E-state index is 0.805. The van der Waals surface area contributed by atoms with E-state index in [0.29, 0.717) is 0 Å². The lowest BCUT2D eigenvalue weighted by atomic mass is 10.0. The lowest BCUT2D eigenvalue weighted by molar-refractivity contribution is 1.07. The number of hydrogen-bond acceptors (Lipinski definition) is 2. The Bertz CT molecular complexity index is 3080. The molecule has 0 amide bonds. The fourth-order valence-electron chi connectivity index (χ4n) is 8.20. The molecule has 0 N–H and O–H groups in total. The molecule has 248 valence electrons. The summed E-state index contributed by atoms with van der Waals surface area (Å²) in [7, 11) is 0. The van der Waals surface area contributed by atoms with Crippen LogP contribution in [0.3, 0.4) is 0 Å². The van der Waals surface area contributed by atoms with E-state index < -0.39 is 0 Å². The second-order valence-electron chi connectivity index (χ2n) is 13.5. The van der Waals surface area contributed by atoms with Gasteiger partial charge in [0.05, 0.1) is 22.1 Å².